The second-order valence-electron chi connectivity index (χ2n) is 10.4. The van der Waals surface area contributed by atoms with Gasteiger partial charge in [0, 0.05) is 64.1 Å². The van der Waals surface area contributed by atoms with Crippen LogP contribution in [0.5, 0.6) is 28.7 Å². The smallest absolute Gasteiger partial charge is 0.323 e. The van der Waals surface area contributed by atoms with Crippen molar-refractivity contribution < 1.29 is 38.7 Å². The molecular formula is C28H35N3O8S. The van der Waals surface area contributed by atoms with Crippen molar-refractivity contribution in [2.24, 2.45) is 11.5 Å². The van der Waals surface area contributed by atoms with Crippen LogP contribution >= 0.6 is 11.8 Å². The number of thioether (sulfide) groups is 1. The van der Waals surface area contributed by atoms with Crippen LogP contribution in [0.3, 0.4) is 0 Å². The molecule has 11 nitrogen and oxygen atoms in total. The molecule has 0 radical (unpaired) electrons. The molecule has 5 rings (SSSR count). The van der Waals surface area contributed by atoms with Crippen LogP contribution < -0.4 is 31.0 Å². The zero-order valence-electron chi connectivity index (χ0n) is 22.9. The molecule has 40 heavy (non-hydrogen) atoms. The third-order valence-electron chi connectivity index (χ3n) is 8.14. The van der Waals surface area contributed by atoms with Gasteiger partial charge in [0.15, 0.2) is 23.0 Å². The number of benzene rings is 2. The van der Waals surface area contributed by atoms with Crippen LogP contribution in [-0.2, 0) is 20.7 Å². The third-order valence-corrected chi connectivity index (χ3v) is 9.70. The van der Waals surface area contributed by atoms with Gasteiger partial charge in [0.1, 0.15) is 11.8 Å². The molecule has 2 heterocycles. The summed E-state index contributed by atoms with van der Waals surface area (Å²) in [5.74, 6) is -1.04. The van der Waals surface area contributed by atoms with Crippen molar-refractivity contribution in [1.82, 2.24) is 5.32 Å². The zero-order chi connectivity index (χ0) is 28.9. The molecule has 0 aromatic heterocycles. The van der Waals surface area contributed by atoms with Crippen LogP contribution in [0.15, 0.2) is 12.1 Å². The molecule has 1 fully saturated rings. The van der Waals surface area contributed by atoms with Gasteiger partial charge in [-0.15, -0.1) is 0 Å². The van der Waals surface area contributed by atoms with Crippen molar-refractivity contribution in [3.63, 3.8) is 0 Å². The average molecular weight is 574 g/mol. The number of aromatic hydroxyl groups is 2. The van der Waals surface area contributed by atoms with Gasteiger partial charge in [-0.25, -0.2) is 0 Å². The number of nitrogens with two attached hydrogens (primary N) is 2. The number of hydrogen-bond donors (Lipinski definition) is 5. The summed E-state index contributed by atoms with van der Waals surface area (Å²) in [6, 6.07) is 1.61. The van der Waals surface area contributed by atoms with E-state index < -0.39 is 41.9 Å². The molecule has 0 amide bonds. The molecule has 216 valence electrons. The van der Waals surface area contributed by atoms with Gasteiger partial charge in [0.05, 0.1) is 20.8 Å². The van der Waals surface area contributed by atoms with Crippen molar-refractivity contribution in [3.8, 4) is 28.7 Å². The van der Waals surface area contributed by atoms with Crippen molar-refractivity contribution in [2.75, 3.05) is 33.1 Å². The Kier molecular flexibility index (Phi) is 7.79. The summed E-state index contributed by atoms with van der Waals surface area (Å²) >= 11 is 1.49. The van der Waals surface area contributed by atoms with Gasteiger partial charge < -0.3 is 45.9 Å². The molecule has 3 aliphatic rings. The minimum absolute atomic E-state index is 0.0220. The molecule has 2 aromatic rings. The van der Waals surface area contributed by atoms with Crippen LogP contribution in [0.2, 0.25) is 0 Å². The Bertz CT molecular complexity index is 1350. The molecule has 1 aliphatic carbocycles. The Hall–Kier alpha value is -3.19. The highest BCUT2D eigenvalue weighted by molar-refractivity contribution is 8.00. The minimum atomic E-state index is -0.821. The van der Waals surface area contributed by atoms with Crippen LogP contribution in [0.25, 0.3) is 0 Å². The van der Waals surface area contributed by atoms with E-state index in [1.165, 1.54) is 32.9 Å². The molecular weight excluding hydrogens is 538 g/mol. The van der Waals surface area contributed by atoms with E-state index in [1.807, 2.05) is 6.07 Å². The van der Waals surface area contributed by atoms with Crippen molar-refractivity contribution in [1.29, 1.82) is 0 Å². The first-order valence-electron chi connectivity index (χ1n) is 13.1. The summed E-state index contributed by atoms with van der Waals surface area (Å²) in [7, 11) is 2.91. The number of phenolic OH excluding ortho intramolecular Hbond substituents is 2. The van der Waals surface area contributed by atoms with E-state index >= 15 is 0 Å². The molecule has 1 saturated heterocycles. The maximum atomic E-state index is 12.5. The maximum Gasteiger partial charge on any atom is 0.323 e. The lowest BCUT2D eigenvalue weighted by molar-refractivity contribution is -0.145. The molecule has 0 bridgehead atoms. The van der Waals surface area contributed by atoms with E-state index in [0.717, 1.165) is 5.56 Å². The van der Waals surface area contributed by atoms with Gasteiger partial charge in [0.25, 0.3) is 0 Å². The van der Waals surface area contributed by atoms with Crippen molar-refractivity contribution >= 4 is 23.7 Å². The van der Waals surface area contributed by atoms with Crippen LogP contribution in [0.4, 0.5) is 0 Å². The second-order valence-corrected chi connectivity index (χ2v) is 11.6. The molecule has 0 saturated carbocycles. The molecule has 5 unspecified atom stereocenters. The first-order chi connectivity index (χ1) is 19.1. The number of carbonyl (C=O) groups is 2. The van der Waals surface area contributed by atoms with E-state index in [1.54, 1.807) is 13.0 Å². The number of rotatable bonds is 4. The fraction of sp³-hybridized carbons (Fsp3) is 0.500. The predicted octanol–water partition coefficient (Wildman–Crippen LogP) is 1.73. The number of fused-ring (bicyclic) bond motifs is 4. The molecule has 6 atom stereocenters. The van der Waals surface area contributed by atoms with Gasteiger partial charge in [0.2, 0.25) is 0 Å². The Morgan fingerprint density at radius 2 is 1.85 bits per heavy atom. The Labute approximate surface area is 236 Å². The normalized spacial score (nSPS) is 27.7. The predicted molar refractivity (Wildman–Crippen MR) is 148 cm³/mol. The zero-order valence-corrected chi connectivity index (χ0v) is 23.7. The first kappa shape index (κ1) is 28.3. The summed E-state index contributed by atoms with van der Waals surface area (Å²) in [5.41, 5.74) is 16.1. The number of nitrogens with one attached hydrogen (secondary N) is 1. The average Bonchev–Trinajstić information content (AvgIpc) is 3.12. The Balaban J connectivity index is 1.75. The Morgan fingerprint density at radius 3 is 2.52 bits per heavy atom. The van der Waals surface area contributed by atoms with E-state index in [-0.39, 0.29) is 40.6 Å². The van der Waals surface area contributed by atoms with E-state index in [4.69, 9.17) is 30.4 Å². The molecule has 2 aromatic carbocycles. The van der Waals surface area contributed by atoms with Gasteiger partial charge in [-0.1, -0.05) is 6.07 Å². The molecule has 2 aliphatic heterocycles. The SMILES string of the molecule is COc1ccc2c(c1O)[C@H](N)C(C1c3c(OC(C)=O)c(C)c(OC)c(O)c3C3COC(=O)C(N)CSC31)NCC2. The minimum Gasteiger partial charge on any atom is -0.504 e. The highest BCUT2D eigenvalue weighted by atomic mass is 32.2. The third kappa shape index (κ3) is 4.52. The summed E-state index contributed by atoms with van der Waals surface area (Å²) in [5, 5.41) is 26.0. The number of methoxy groups -OCH3 is 2. The fourth-order valence-corrected chi connectivity index (χ4v) is 7.95. The Morgan fingerprint density at radius 1 is 1.10 bits per heavy atom. The number of ether oxygens (including phenoxy) is 4. The number of phenols is 2. The standard InChI is InChI=1S/C28H35N3O8S/c1-11-25(39-12(2)32)19-18(24(34)26(11)37-4)14-9-38-28(35)15(29)10-40-27(14)20(19)22-21(30)17-13(7-8-31-22)5-6-16(36-3)23(17)33/h5-6,14-15,20-22,27,31,33-34H,7-10,29-30H2,1-4H3/t14?,15?,20?,21-,22?,27?/m0/s1. The van der Waals surface area contributed by atoms with Gasteiger partial charge >= 0.3 is 11.9 Å². The van der Waals surface area contributed by atoms with Gasteiger partial charge in [-0.05, 0) is 31.5 Å². The fourth-order valence-electron chi connectivity index (χ4n) is 6.42. The highest BCUT2D eigenvalue weighted by Crippen LogP contribution is 2.61. The van der Waals surface area contributed by atoms with E-state index in [2.05, 4.69) is 5.32 Å². The summed E-state index contributed by atoms with van der Waals surface area (Å²) in [6.07, 6.45) is 0.615. The largest absolute Gasteiger partial charge is 0.504 e. The van der Waals surface area contributed by atoms with Gasteiger partial charge in [-0.2, -0.15) is 11.8 Å². The molecule has 7 N–H and O–H groups in total. The lowest BCUT2D eigenvalue weighted by Gasteiger charge is -2.36. The topological polar surface area (TPSA) is 176 Å². The molecule has 0 spiro atoms. The second kappa shape index (κ2) is 11.0. The monoisotopic (exact) mass is 573 g/mol. The lowest BCUT2D eigenvalue weighted by Crippen LogP contribution is -2.47. The molecule has 12 heteroatoms. The lowest BCUT2D eigenvalue weighted by atomic mass is 9.83. The summed E-state index contributed by atoms with van der Waals surface area (Å²) < 4.78 is 22.3. The first-order valence-corrected chi connectivity index (χ1v) is 14.2. The van der Waals surface area contributed by atoms with E-state index in [0.29, 0.717) is 41.0 Å². The summed E-state index contributed by atoms with van der Waals surface area (Å²) in [6.45, 7) is 3.54. The van der Waals surface area contributed by atoms with Crippen LogP contribution in [-0.4, -0.2) is 72.6 Å². The quantitative estimate of drug-likeness (QED) is 0.265. The highest BCUT2D eigenvalue weighted by Gasteiger charge is 2.52. The van der Waals surface area contributed by atoms with E-state index in [9.17, 15) is 19.8 Å². The van der Waals surface area contributed by atoms with Crippen molar-refractivity contribution in [2.45, 2.75) is 55.5 Å². The summed E-state index contributed by atoms with van der Waals surface area (Å²) in [4.78, 5) is 24.8. The van der Waals surface area contributed by atoms with Crippen LogP contribution in [0, 0.1) is 6.92 Å². The number of hydrogen-bond acceptors (Lipinski definition) is 12. The number of cyclic esters (lactones) is 1. The number of esters is 2. The van der Waals surface area contributed by atoms with Crippen molar-refractivity contribution in [3.05, 3.63) is 39.9 Å². The van der Waals surface area contributed by atoms with Gasteiger partial charge in [-0.3, -0.25) is 9.59 Å². The number of carbonyl (C=O) groups excluding carboxylic acids is 2. The maximum absolute atomic E-state index is 12.5. The van der Waals surface area contributed by atoms with Crippen LogP contribution in [0.1, 0.15) is 52.6 Å².